The predicted octanol–water partition coefficient (Wildman–Crippen LogP) is 2.08. The van der Waals surface area contributed by atoms with Crippen molar-refractivity contribution < 1.29 is 19.2 Å². The first-order valence-corrected chi connectivity index (χ1v) is 7.95. The van der Waals surface area contributed by atoms with E-state index in [-0.39, 0.29) is 16.9 Å². The number of hydrogen-bond donors (Lipinski definition) is 2. The molecule has 8 heteroatoms. The zero-order chi connectivity index (χ0) is 19.1. The smallest absolute Gasteiger partial charge is 0.341 e. The van der Waals surface area contributed by atoms with Crippen molar-refractivity contribution in [1.82, 2.24) is 5.32 Å². The lowest BCUT2D eigenvalue weighted by Gasteiger charge is -2.14. The average Bonchev–Trinajstić information content (AvgIpc) is 2.62. The van der Waals surface area contributed by atoms with Crippen LogP contribution in [0.25, 0.3) is 0 Å². The molecule has 0 heterocycles. The second-order valence-electron chi connectivity index (χ2n) is 5.60. The van der Waals surface area contributed by atoms with Crippen LogP contribution in [0.1, 0.15) is 22.8 Å². The van der Waals surface area contributed by atoms with E-state index in [0.717, 1.165) is 17.7 Å². The number of carbonyl (C=O) groups excluding carboxylic acids is 2. The Balaban J connectivity index is 1.87. The molecule has 0 fully saturated rings. The lowest BCUT2D eigenvalue weighted by Crippen LogP contribution is -2.37. The number of ether oxygens (including phenoxy) is 1. The summed E-state index contributed by atoms with van der Waals surface area (Å²) in [6, 6.07) is 13.1. The van der Waals surface area contributed by atoms with Crippen molar-refractivity contribution in [2.45, 2.75) is 19.4 Å². The normalized spacial score (nSPS) is 11.4. The van der Waals surface area contributed by atoms with Gasteiger partial charge in [-0.05, 0) is 25.0 Å². The molecule has 0 aliphatic heterocycles. The van der Waals surface area contributed by atoms with Crippen LogP contribution in [0.5, 0.6) is 0 Å². The molecule has 0 radical (unpaired) electrons. The molecular weight excluding hydrogens is 338 g/mol. The Bertz CT molecular complexity index is 808. The first kappa shape index (κ1) is 18.9. The number of hydrogen-bond acceptors (Lipinski definition) is 6. The van der Waals surface area contributed by atoms with E-state index in [9.17, 15) is 19.7 Å². The fourth-order valence-electron chi connectivity index (χ4n) is 2.25. The Labute approximate surface area is 150 Å². The van der Waals surface area contributed by atoms with Gasteiger partial charge in [0, 0.05) is 18.7 Å². The van der Waals surface area contributed by atoms with Crippen LogP contribution in [0.2, 0.25) is 0 Å². The number of non-ortho nitro benzene ring substituents is 1. The number of nitro benzene ring substituents is 1. The summed E-state index contributed by atoms with van der Waals surface area (Å²) in [4.78, 5) is 34.2. The number of nitrogens with zero attached hydrogens (tertiary/aromatic N) is 1. The molecule has 8 nitrogen and oxygen atoms in total. The van der Waals surface area contributed by atoms with Crippen LogP contribution < -0.4 is 11.1 Å². The molecule has 0 aliphatic rings. The van der Waals surface area contributed by atoms with Gasteiger partial charge < -0.3 is 15.8 Å². The van der Waals surface area contributed by atoms with E-state index < -0.39 is 22.9 Å². The van der Waals surface area contributed by atoms with Gasteiger partial charge in [0.15, 0.2) is 6.10 Å². The highest BCUT2D eigenvalue weighted by atomic mass is 16.6. The topological polar surface area (TPSA) is 125 Å². The predicted molar refractivity (Wildman–Crippen MR) is 95.5 cm³/mol. The fourth-order valence-corrected chi connectivity index (χ4v) is 2.25. The molecule has 1 amide bonds. The zero-order valence-electron chi connectivity index (χ0n) is 14.2. The van der Waals surface area contributed by atoms with Gasteiger partial charge in [-0.25, -0.2) is 4.79 Å². The molecule has 2 aromatic carbocycles. The van der Waals surface area contributed by atoms with Crippen molar-refractivity contribution in [2.75, 3.05) is 12.3 Å². The molecule has 0 aromatic heterocycles. The molecule has 0 aliphatic carbocycles. The van der Waals surface area contributed by atoms with Crippen LogP contribution >= 0.6 is 0 Å². The molecule has 2 aromatic rings. The van der Waals surface area contributed by atoms with Crippen LogP contribution in [0, 0.1) is 10.1 Å². The first-order chi connectivity index (χ1) is 12.4. The van der Waals surface area contributed by atoms with Gasteiger partial charge in [-0.3, -0.25) is 14.9 Å². The molecule has 26 heavy (non-hydrogen) atoms. The minimum atomic E-state index is -1.02. The molecule has 0 unspecified atom stereocenters. The van der Waals surface area contributed by atoms with Gasteiger partial charge in [-0.15, -0.1) is 0 Å². The highest BCUT2D eigenvalue weighted by Crippen LogP contribution is 2.20. The van der Waals surface area contributed by atoms with E-state index in [2.05, 4.69) is 5.32 Å². The zero-order valence-corrected chi connectivity index (χ0v) is 14.2. The Hall–Kier alpha value is -3.42. The minimum absolute atomic E-state index is 0.0282. The second-order valence-corrected chi connectivity index (χ2v) is 5.60. The summed E-state index contributed by atoms with van der Waals surface area (Å²) in [7, 11) is 0. The van der Waals surface area contributed by atoms with Gasteiger partial charge >= 0.3 is 5.97 Å². The summed E-state index contributed by atoms with van der Waals surface area (Å²) in [5.74, 6) is -1.25. The van der Waals surface area contributed by atoms with Crippen molar-refractivity contribution in [3.63, 3.8) is 0 Å². The molecular formula is C18H19N3O5. The Kier molecular flexibility index (Phi) is 6.26. The molecule has 3 N–H and O–H groups in total. The van der Waals surface area contributed by atoms with Crippen LogP contribution in [-0.2, 0) is 16.0 Å². The summed E-state index contributed by atoms with van der Waals surface area (Å²) in [6.45, 7) is 1.85. The fraction of sp³-hybridized carbons (Fsp3) is 0.222. The molecule has 0 spiro atoms. The van der Waals surface area contributed by atoms with Gasteiger partial charge in [-0.1, -0.05) is 30.3 Å². The van der Waals surface area contributed by atoms with Crippen molar-refractivity contribution in [3.05, 3.63) is 69.8 Å². The van der Waals surface area contributed by atoms with Crippen LogP contribution in [0.3, 0.4) is 0 Å². The maximum atomic E-state index is 12.1. The standard InChI is InChI=1S/C18H19N3O5/c1-12(17(22)20-10-9-13-5-3-2-4-6-13)26-18(23)15-8-7-14(21(24)25)11-16(15)19/h2-8,11-12H,9-10,19H2,1H3,(H,20,22)/t12-/m1/s1. The number of nitro groups is 1. The van der Waals surface area contributed by atoms with E-state index in [1.165, 1.54) is 13.0 Å². The van der Waals surface area contributed by atoms with Gasteiger partial charge in [0.05, 0.1) is 16.2 Å². The summed E-state index contributed by atoms with van der Waals surface area (Å²) in [5.41, 5.74) is 6.39. The molecule has 0 saturated carbocycles. The summed E-state index contributed by atoms with van der Waals surface area (Å²) in [5, 5.41) is 13.4. The van der Waals surface area contributed by atoms with Crippen molar-refractivity contribution in [3.8, 4) is 0 Å². The highest BCUT2D eigenvalue weighted by molar-refractivity contribution is 5.97. The minimum Gasteiger partial charge on any atom is -0.449 e. The number of nitrogen functional groups attached to an aromatic ring is 1. The molecule has 0 saturated heterocycles. The second kappa shape index (κ2) is 8.61. The highest BCUT2D eigenvalue weighted by Gasteiger charge is 2.21. The van der Waals surface area contributed by atoms with E-state index in [1.54, 1.807) is 0 Å². The first-order valence-electron chi connectivity index (χ1n) is 7.95. The van der Waals surface area contributed by atoms with Crippen molar-refractivity contribution >= 4 is 23.3 Å². The number of amides is 1. The maximum absolute atomic E-state index is 12.1. The number of anilines is 1. The number of benzene rings is 2. The average molecular weight is 357 g/mol. The summed E-state index contributed by atoms with van der Waals surface area (Å²) < 4.78 is 5.08. The van der Waals surface area contributed by atoms with E-state index in [1.807, 2.05) is 30.3 Å². The lowest BCUT2D eigenvalue weighted by molar-refractivity contribution is -0.384. The van der Waals surface area contributed by atoms with Gasteiger partial charge in [0.1, 0.15) is 0 Å². The number of nitrogens with one attached hydrogen (secondary N) is 1. The van der Waals surface area contributed by atoms with Crippen molar-refractivity contribution in [1.29, 1.82) is 0 Å². The third-order valence-corrected chi connectivity index (χ3v) is 3.67. The monoisotopic (exact) mass is 357 g/mol. The van der Waals surface area contributed by atoms with Crippen LogP contribution in [0.4, 0.5) is 11.4 Å². The molecule has 1 atom stereocenters. The van der Waals surface area contributed by atoms with Gasteiger partial charge in [0.2, 0.25) is 0 Å². The van der Waals surface area contributed by atoms with Crippen LogP contribution in [-0.4, -0.2) is 29.4 Å². The van der Waals surface area contributed by atoms with Crippen molar-refractivity contribution in [2.24, 2.45) is 0 Å². The molecule has 2 rings (SSSR count). The summed E-state index contributed by atoms with van der Waals surface area (Å²) >= 11 is 0. The number of esters is 1. The Morgan fingerprint density at radius 2 is 1.92 bits per heavy atom. The number of nitrogens with two attached hydrogens (primary N) is 1. The Morgan fingerprint density at radius 3 is 2.54 bits per heavy atom. The SMILES string of the molecule is C[C@@H](OC(=O)c1ccc([N+](=O)[O-])cc1N)C(=O)NCCc1ccccc1. The largest absolute Gasteiger partial charge is 0.449 e. The lowest BCUT2D eigenvalue weighted by atomic mass is 10.1. The third kappa shape index (κ3) is 5.04. The van der Waals surface area contributed by atoms with E-state index in [0.29, 0.717) is 13.0 Å². The van der Waals surface area contributed by atoms with Gasteiger partial charge in [-0.2, -0.15) is 0 Å². The Morgan fingerprint density at radius 1 is 1.23 bits per heavy atom. The van der Waals surface area contributed by atoms with Gasteiger partial charge in [0.25, 0.3) is 11.6 Å². The molecule has 136 valence electrons. The quantitative estimate of drug-likeness (QED) is 0.338. The number of rotatable bonds is 7. The van der Waals surface area contributed by atoms with E-state index >= 15 is 0 Å². The van der Waals surface area contributed by atoms with E-state index in [4.69, 9.17) is 10.5 Å². The number of carbonyl (C=O) groups is 2. The summed E-state index contributed by atoms with van der Waals surface area (Å²) in [6.07, 6.45) is -0.365. The van der Waals surface area contributed by atoms with Crippen LogP contribution in [0.15, 0.2) is 48.5 Å². The molecule has 0 bridgehead atoms. The maximum Gasteiger partial charge on any atom is 0.341 e. The third-order valence-electron chi connectivity index (χ3n) is 3.67.